The molecule has 0 aliphatic carbocycles. The molecule has 0 radical (unpaired) electrons. The second-order valence-corrected chi connectivity index (χ2v) is 8.66. The van der Waals surface area contributed by atoms with Gasteiger partial charge in [0.25, 0.3) is 0 Å². The molecular formula is C20H22N2O2S. The molecule has 1 fully saturated rings. The summed E-state index contributed by atoms with van der Waals surface area (Å²) in [7, 11) is 0. The highest BCUT2D eigenvalue weighted by atomic mass is 32.1. The third-order valence-electron chi connectivity index (χ3n) is 5.40. The Balaban J connectivity index is 1.62. The Labute approximate surface area is 152 Å². The highest BCUT2D eigenvalue weighted by Crippen LogP contribution is 2.51. The Morgan fingerprint density at radius 1 is 1.20 bits per heavy atom. The fourth-order valence-corrected chi connectivity index (χ4v) is 5.12. The van der Waals surface area contributed by atoms with E-state index in [9.17, 15) is 0 Å². The van der Waals surface area contributed by atoms with Crippen molar-refractivity contribution >= 4 is 17.0 Å². The lowest BCUT2D eigenvalue weighted by atomic mass is 9.86. The number of nitrogens with zero attached hydrogens (tertiary/aromatic N) is 2. The molecule has 2 aromatic rings. The summed E-state index contributed by atoms with van der Waals surface area (Å²) in [5.41, 5.74) is 1.78. The summed E-state index contributed by atoms with van der Waals surface area (Å²) in [6.45, 7) is 4.99. The molecule has 1 saturated heterocycles. The number of fused-ring (bicyclic) bond motifs is 4. The van der Waals surface area contributed by atoms with Gasteiger partial charge in [-0.25, -0.2) is 5.01 Å². The number of hydrazone groups is 1. The molecule has 1 aromatic carbocycles. The van der Waals surface area contributed by atoms with Crippen LogP contribution in [-0.4, -0.2) is 28.7 Å². The van der Waals surface area contributed by atoms with Crippen molar-refractivity contribution in [3.05, 3.63) is 52.2 Å². The van der Waals surface area contributed by atoms with Crippen molar-refractivity contribution in [3.63, 3.8) is 0 Å². The van der Waals surface area contributed by atoms with Gasteiger partial charge < -0.3 is 9.47 Å². The molecule has 0 saturated carbocycles. The molecule has 130 valence electrons. The summed E-state index contributed by atoms with van der Waals surface area (Å²) < 4.78 is 12.6. The lowest BCUT2D eigenvalue weighted by Crippen LogP contribution is -2.60. The monoisotopic (exact) mass is 354 g/mol. The molecule has 4 nitrogen and oxygen atoms in total. The normalized spacial score (nSPS) is 29.8. The first-order valence-corrected chi connectivity index (χ1v) is 9.77. The van der Waals surface area contributed by atoms with E-state index in [4.69, 9.17) is 14.6 Å². The van der Waals surface area contributed by atoms with Gasteiger partial charge in [0.15, 0.2) is 0 Å². The van der Waals surface area contributed by atoms with E-state index in [0.717, 1.165) is 25.0 Å². The van der Waals surface area contributed by atoms with Gasteiger partial charge in [-0.3, -0.25) is 0 Å². The first-order chi connectivity index (χ1) is 12.1. The van der Waals surface area contributed by atoms with E-state index in [-0.39, 0.29) is 11.6 Å². The number of thiophene rings is 1. The van der Waals surface area contributed by atoms with Crippen LogP contribution in [0.3, 0.4) is 0 Å². The second-order valence-electron chi connectivity index (χ2n) is 7.71. The van der Waals surface area contributed by atoms with Gasteiger partial charge in [-0.05, 0) is 31.4 Å². The fourth-order valence-electron chi connectivity index (χ4n) is 4.39. The maximum Gasteiger partial charge on any atom is 0.203 e. The summed E-state index contributed by atoms with van der Waals surface area (Å²) in [6, 6.07) is 12.9. The summed E-state index contributed by atoms with van der Waals surface area (Å²) in [6.07, 6.45) is 2.58. The van der Waals surface area contributed by atoms with Crippen molar-refractivity contribution in [1.29, 1.82) is 0 Å². The lowest BCUT2D eigenvalue weighted by molar-refractivity contribution is -0.212. The first kappa shape index (κ1) is 15.4. The van der Waals surface area contributed by atoms with Crippen LogP contribution in [0.15, 0.2) is 46.9 Å². The van der Waals surface area contributed by atoms with E-state index < -0.39 is 5.72 Å². The fraction of sp³-hybridized carbons (Fsp3) is 0.450. The molecule has 3 aliphatic heterocycles. The number of benzene rings is 1. The van der Waals surface area contributed by atoms with E-state index in [1.807, 2.05) is 0 Å². The largest absolute Gasteiger partial charge is 0.466 e. The molecule has 0 N–H and O–H groups in total. The van der Waals surface area contributed by atoms with Crippen molar-refractivity contribution in [2.45, 2.75) is 50.5 Å². The van der Waals surface area contributed by atoms with E-state index >= 15 is 0 Å². The topological polar surface area (TPSA) is 34.1 Å². The number of para-hydroxylation sites is 1. The van der Waals surface area contributed by atoms with E-state index in [0.29, 0.717) is 6.61 Å². The van der Waals surface area contributed by atoms with E-state index in [2.05, 4.69) is 60.6 Å². The van der Waals surface area contributed by atoms with Crippen molar-refractivity contribution in [1.82, 2.24) is 5.01 Å². The minimum absolute atomic E-state index is 0.212. The molecule has 2 atom stereocenters. The van der Waals surface area contributed by atoms with Crippen LogP contribution >= 0.6 is 11.3 Å². The molecule has 1 spiro atoms. The minimum atomic E-state index is -0.417. The minimum Gasteiger partial charge on any atom is -0.466 e. The number of hydrogen-bond acceptors (Lipinski definition) is 5. The van der Waals surface area contributed by atoms with Gasteiger partial charge in [0, 0.05) is 24.8 Å². The van der Waals surface area contributed by atoms with Crippen LogP contribution in [0.2, 0.25) is 0 Å². The summed E-state index contributed by atoms with van der Waals surface area (Å²) in [5, 5.41) is 9.44. The van der Waals surface area contributed by atoms with E-state index in [1.165, 1.54) is 16.2 Å². The van der Waals surface area contributed by atoms with Gasteiger partial charge in [0.1, 0.15) is 5.75 Å². The van der Waals surface area contributed by atoms with Crippen LogP contribution in [0.5, 0.6) is 5.75 Å². The average molecular weight is 354 g/mol. The summed E-state index contributed by atoms with van der Waals surface area (Å²) >= 11 is 1.76. The molecule has 4 heterocycles. The Morgan fingerprint density at radius 3 is 2.88 bits per heavy atom. The molecule has 5 rings (SSSR count). The highest BCUT2D eigenvalue weighted by molar-refractivity contribution is 7.12. The molecule has 2 unspecified atom stereocenters. The van der Waals surface area contributed by atoms with Gasteiger partial charge in [-0.15, -0.1) is 11.3 Å². The Bertz CT molecular complexity index is 830. The zero-order valence-corrected chi connectivity index (χ0v) is 15.4. The van der Waals surface area contributed by atoms with Gasteiger partial charge in [0.05, 0.1) is 28.8 Å². The average Bonchev–Trinajstić information content (AvgIpc) is 3.24. The van der Waals surface area contributed by atoms with Gasteiger partial charge in [-0.2, -0.15) is 5.10 Å². The Morgan fingerprint density at radius 2 is 2.08 bits per heavy atom. The zero-order chi connectivity index (χ0) is 17.1. The molecule has 5 heteroatoms. The van der Waals surface area contributed by atoms with Crippen molar-refractivity contribution < 1.29 is 9.47 Å². The second kappa shape index (κ2) is 5.32. The van der Waals surface area contributed by atoms with Crippen LogP contribution in [-0.2, 0) is 4.74 Å². The van der Waals surface area contributed by atoms with Crippen LogP contribution in [0.1, 0.15) is 49.6 Å². The zero-order valence-electron chi connectivity index (χ0n) is 14.6. The van der Waals surface area contributed by atoms with E-state index in [1.54, 1.807) is 11.3 Å². The van der Waals surface area contributed by atoms with Gasteiger partial charge in [-0.1, -0.05) is 24.3 Å². The third-order valence-corrected chi connectivity index (χ3v) is 6.32. The van der Waals surface area contributed by atoms with Crippen molar-refractivity contribution in [2.75, 3.05) is 6.61 Å². The summed E-state index contributed by atoms with van der Waals surface area (Å²) in [5.74, 6) is 1.00. The quantitative estimate of drug-likeness (QED) is 0.752. The number of rotatable bonds is 1. The SMILES string of the molecule is CC1(C)CC2(CCO1)Oc1ccccc1C1CC(c3cccs3)=NN12. The Hall–Kier alpha value is -1.85. The predicted octanol–water partition coefficient (Wildman–Crippen LogP) is 4.58. The molecule has 1 aromatic heterocycles. The maximum absolute atomic E-state index is 6.62. The van der Waals surface area contributed by atoms with Crippen LogP contribution < -0.4 is 4.74 Å². The van der Waals surface area contributed by atoms with Crippen LogP contribution in [0.4, 0.5) is 0 Å². The molecular weight excluding hydrogens is 332 g/mol. The number of ether oxygens (including phenoxy) is 2. The van der Waals surface area contributed by atoms with Crippen LogP contribution in [0.25, 0.3) is 0 Å². The standard InChI is InChI=1S/C20H22N2O2S/c1-19(2)13-20(9-10-23-19)22-16(14-6-3-4-7-17(14)24-20)12-15(21-22)18-8-5-11-25-18/h3-8,11,16H,9-10,12-13H2,1-2H3. The maximum atomic E-state index is 6.62. The predicted molar refractivity (Wildman–Crippen MR) is 99.1 cm³/mol. The summed E-state index contributed by atoms with van der Waals surface area (Å²) in [4.78, 5) is 1.26. The Kier molecular flexibility index (Phi) is 3.28. The van der Waals surface area contributed by atoms with Gasteiger partial charge in [0.2, 0.25) is 5.72 Å². The van der Waals surface area contributed by atoms with Gasteiger partial charge >= 0.3 is 0 Å². The molecule has 0 amide bonds. The third kappa shape index (κ3) is 2.41. The van der Waals surface area contributed by atoms with Crippen molar-refractivity contribution in [2.24, 2.45) is 5.10 Å². The van der Waals surface area contributed by atoms with Crippen LogP contribution in [0, 0.1) is 0 Å². The molecule has 25 heavy (non-hydrogen) atoms. The number of hydrogen-bond donors (Lipinski definition) is 0. The smallest absolute Gasteiger partial charge is 0.203 e. The highest BCUT2D eigenvalue weighted by Gasteiger charge is 2.54. The van der Waals surface area contributed by atoms with Crippen molar-refractivity contribution in [3.8, 4) is 5.75 Å². The first-order valence-electron chi connectivity index (χ1n) is 8.89. The molecule has 0 bridgehead atoms. The lowest BCUT2D eigenvalue weighted by Gasteiger charge is -2.52. The molecule has 3 aliphatic rings.